The molecule has 1 fully saturated rings. The maximum absolute atomic E-state index is 12.3. The van der Waals surface area contributed by atoms with Crippen LogP contribution in [0.2, 0.25) is 0 Å². The minimum atomic E-state index is -0.565. The molecule has 1 saturated carbocycles. The summed E-state index contributed by atoms with van der Waals surface area (Å²) in [6.45, 7) is 7.90. The van der Waals surface area contributed by atoms with E-state index in [1.165, 1.54) is 13.5 Å². The summed E-state index contributed by atoms with van der Waals surface area (Å²) in [5.74, 6) is 1.20. The third-order valence-electron chi connectivity index (χ3n) is 5.15. The van der Waals surface area contributed by atoms with Gasteiger partial charge < -0.3 is 19.5 Å². The molecule has 3 atom stereocenters. The maximum atomic E-state index is 12.3. The molecule has 0 spiro atoms. The van der Waals surface area contributed by atoms with Gasteiger partial charge in [0.25, 0.3) is 5.91 Å². The summed E-state index contributed by atoms with van der Waals surface area (Å²) >= 11 is 0. The highest BCUT2D eigenvalue weighted by Gasteiger charge is 2.28. The Bertz CT molecular complexity index is 658. The van der Waals surface area contributed by atoms with Crippen LogP contribution in [0.5, 0.6) is 11.5 Å². The monoisotopic (exact) mass is 377 g/mol. The van der Waals surface area contributed by atoms with Crippen molar-refractivity contribution in [3.63, 3.8) is 0 Å². The molecular formula is C21H31NO5. The molecule has 1 aromatic carbocycles. The first-order valence-corrected chi connectivity index (χ1v) is 9.63. The maximum Gasteiger partial charge on any atom is 0.338 e. The lowest BCUT2D eigenvalue weighted by molar-refractivity contribution is -0.125. The predicted molar refractivity (Wildman–Crippen MR) is 103 cm³/mol. The summed E-state index contributed by atoms with van der Waals surface area (Å²) in [5.41, 5.74) is 0.315. The van der Waals surface area contributed by atoms with Crippen LogP contribution in [0.25, 0.3) is 0 Å². The number of esters is 1. The number of hydrogen-bond donors (Lipinski definition) is 1. The number of benzene rings is 1. The highest BCUT2D eigenvalue weighted by molar-refractivity contribution is 5.92. The Morgan fingerprint density at radius 3 is 2.59 bits per heavy atom. The fraction of sp³-hybridized carbons (Fsp3) is 0.619. The molecule has 1 amide bonds. The summed E-state index contributed by atoms with van der Waals surface area (Å²) in [7, 11) is 1.51. The Kier molecular flexibility index (Phi) is 7.51. The number of rotatable bonds is 7. The topological polar surface area (TPSA) is 73.9 Å². The molecule has 2 rings (SSSR count). The van der Waals surface area contributed by atoms with Gasteiger partial charge in [-0.3, -0.25) is 4.79 Å². The van der Waals surface area contributed by atoms with Crippen molar-refractivity contribution in [1.29, 1.82) is 0 Å². The number of methoxy groups -OCH3 is 1. The molecule has 6 heteroatoms. The van der Waals surface area contributed by atoms with Crippen molar-refractivity contribution in [3.05, 3.63) is 23.8 Å². The molecular weight excluding hydrogens is 346 g/mol. The zero-order chi connectivity index (χ0) is 20.0. The molecule has 0 saturated heterocycles. The van der Waals surface area contributed by atoms with Gasteiger partial charge in [0, 0.05) is 6.04 Å². The van der Waals surface area contributed by atoms with E-state index >= 15 is 0 Å². The fourth-order valence-corrected chi connectivity index (χ4v) is 3.39. The first-order valence-electron chi connectivity index (χ1n) is 9.63. The van der Waals surface area contributed by atoms with Crippen LogP contribution in [0.1, 0.15) is 57.3 Å². The summed E-state index contributed by atoms with van der Waals surface area (Å²) < 4.78 is 16.1. The summed E-state index contributed by atoms with van der Waals surface area (Å²) in [6.07, 6.45) is 3.27. The van der Waals surface area contributed by atoms with Gasteiger partial charge in [-0.1, -0.05) is 26.7 Å². The standard InChI is InChI=1S/C21H31NO5/c1-13(2)27-18-10-9-16(11-19(18)25-5)21(24)26-12-20(23)22-17-8-6-7-14(3)15(17)4/h9-11,13-15,17H,6-8,12H2,1-5H3,(H,22,23). The number of amides is 1. The van der Waals surface area contributed by atoms with E-state index < -0.39 is 5.97 Å². The molecule has 0 radical (unpaired) electrons. The van der Waals surface area contributed by atoms with Gasteiger partial charge >= 0.3 is 5.97 Å². The second-order valence-electron chi connectivity index (χ2n) is 7.55. The van der Waals surface area contributed by atoms with Gasteiger partial charge in [-0.25, -0.2) is 4.79 Å². The van der Waals surface area contributed by atoms with Crippen LogP contribution in [0.3, 0.4) is 0 Å². The smallest absolute Gasteiger partial charge is 0.338 e. The number of nitrogens with one attached hydrogen (secondary N) is 1. The van der Waals surface area contributed by atoms with Gasteiger partial charge in [-0.05, 0) is 50.3 Å². The van der Waals surface area contributed by atoms with E-state index in [1.54, 1.807) is 18.2 Å². The van der Waals surface area contributed by atoms with E-state index in [0.717, 1.165) is 12.8 Å². The van der Waals surface area contributed by atoms with Crippen LogP contribution in [0, 0.1) is 11.8 Å². The van der Waals surface area contributed by atoms with Crippen LogP contribution < -0.4 is 14.8 Å². The molecule has 150 valence electrons. The summed E-state index contributed by atoms with van der Waals surface area (Å²) in [4.78, 5) is 24.4. The molecule has 0 heterocycles. The largest absolute Gasteiger partial charge is 0.493 e. The van der Waals surface area contributed by atoms with Crippen molar-refractivity contribution < 1.29 is 23.8 Å². The van der Waals surface area contributed by atoms with Crippen LogP contribution in [0.15, 0.2) is 18.2 Å². The van der Waals surface area contributed by atoms with Crippen LogP contribution in [0.4, 0.5) is 0 Å². The minimum absolute atomic E-state index is 0.00899. The minimum Gasteiger partial charge on any atom is -0.493 e. The normalized spacial score (nSPS) is 22.2. The highest BCUT2D eigenvalue weighted by Crippen LogP contribution is 2.30. The SMILES string of the molecule is COc1cc(C(=O)OCC(=O)NC2CCCC(C)C2C)ccc1OC(C)C. The van der Waals surface area contributed by atoms with Crippen molar-refractivity contribution in [2.24, 2.45) is 11.8 Å². The lowest BCUT2D eigenvalue weighted by Gasteiger charge is -2.34. The Labute approximate surface area is 161 Å². The average Bonchev–Trinajstić information content (AvgIpc) is 2.63. The van der Waals surface area contributed by atoms with Gasteiger partial charge in [0.1, 0.15) is 0 Å². The van der Waals surface area contributed by atoms with Crippen LogP contribution in [-0.4, -0.2) is 37.7 Å². The van der Waals surface area contributed by atoms with Crippen LogP contribution in [-0.2, 0) is 9.53 Å². The lowest BCUT2D eigenvalue weighted by Crippen LogP contribution is -2.45. The predicted octanol–water partition coefficient (Wildman–Crippen LogP) is 3.58. The molecule has 0 aliphatic heterocycles. The molecule has 1 aliphatic rings. The number of hydrogen-bond acceptors (Lipinski definition) is 5. The number of carbonyl (C=O) groups is 2. The fourth-order valence-electron chi connectivity index (χ4n) is 3.39. The molecule has 6 nitrogen and oxygen atoms in total. The first kappa shape index (κ1) is 21.1. The molecule has 1 aromatic rings. The molecule has 0 bridgehead atoms. The second kappa shape index (κ2) is 9.62. The van der Waals surface area contributed by atoms with E-state index in [-0.39, 0.29) is 24.7 Å². The van der Waals surface area contributed by atoms with Gasteiger partial charge in [-0.2, -0.15) is 0 Å². The molecule has 1 N–H and O–H groups in total. The third kappa shape index (κ3) is 5.88. The zero-order valence-electron chi connectivity index (χ0n) is 16.9. The van der Waals surface area contributed by atoms with Gasteiger partial charge in [-0.15, -0.1) is 0 Å². The van der Waals surface area contributed by atoms with E-state index in [4.69, 9.17) is 14.2 Å². The van der Waals surface area contributed by atoms with Gasteiger partial charge in [0.05, 0.1) is 18.8 Å². The number of carbonyl (C=O) groups excluding carboxylic acids is 2. The molecule has 3 unspecified atom stereocenters. The Morgan fingerprint density at radius 2 is 1.93 bits per heavy atom. The highest BCUT2D eigenvalue weighted by atomic mass is 16.5. The molecule has 1 aliphatic carbocycles. The molecule has 27 heavy (non-hydrogen) atoms. The van der Waals surface area contributed by atoms with E-state index in [2.05, 4.69) is 19.2 Å². The second-order valence-corrected chi connectivity index (χ2v) is 7.55. The lowest BCUT2D eigenvalue weighted by atomic mass is 9.78. The first-order chi connectivity index (χ1) is 12.8. The molecule has 0 aromatic heterocycles. The zero-order valence-corrected chi connectivity index (χ0v) is 16.9. The van der Waals surface area contributed by atoms with E-state index in [9.17, 15) is 9.59 Å². The average molecular weight is 377 g/mol. The van der Waals surface area contributed by atoms with Crippen molar-refractivity contribution in [2.75, 3.05) is 13.7 Å². The summed E-state index contributed by atoms with van der Waals surface area (Å²) in [5, 5.41) is 3.00. The van der Waals surface area contributed by atoms with Crippen molar-refractivity contribution in [3.8, 4) is 11.5 Å². The Hall–Kier alpha value is -2.24. The summed E-state index contributed by atoms with van der Waals surface area (Å²) in [6, 6.07) is 4.97. The van der Waals surface area contributed by atoms with E-state index in [0.29, 0.717) is 28.9 Å². The number of ether oxygens (including phenoxy) is 3. The Balaban J connectivity index is 1.90. The van der Waals surface area contributed by atoms with Crippen molar-refractivity contribution in [2.45, 2.75) is 59.1 Å². The third-order valence-corrected chi connectivity index (χ3v) is 5.15. The van der Waals surface area contributed by atoms with Crippen molar-refractivity contribution >= 4 is 11.9 Å². The van der Waals surface area contributed by atoms with Crippen LogP contribution >= 0.6 is 0 Å². The quantitative estimate of drug-likeness (QED) is 0.735. The van der Waals surface area contributed by atoms with Gasteiger partial charge in [0.15, 0.2) is 18.1 Å². The van der Waals surface area contributed by atoms with E-state index in [1.807, 2.05) is 13.8 Å². The Morgan fingerprint density at radius 1 is 1.19 bits per heavy atom. The van der Waals surface area contributed by atoms with Gasteiger partial charge in [0.2, 0.25) is 0 Å². The van der Waals surface area contributed by atoms with Crippen molar-refractivity contribution in [1.82, 2.24) is 5.32 Å².